The Kier molecular flexibility index (Phi) is 6.28. The van der Waals surface area contributed by atoms with Crippen LogP contribution in [0.25, 0.3) is 0 Å². The van der Waals surface area contributed by atoms with Gasteiger partial charge in [-0.05, 0) is 30.9 Å². The maximum absolute atomic E-state index is 12.3. The first-order chi connectivity index (χ1) is 10.5. The number of nitrogens with zero attached hydrogens (tertiary/aromatic N) is 4. The Morgan fingerprint density at radius 1 is 1.32 bits per heavy atom. The smallest absolute Gasteiger partial charge is 0.265 e. The molecule has 7 heteroatoms. The van der Waals surface area contributed by atoms with Crippen LogP contribution in [0.2, 0.25) is 0 Å². The van der Waals surface area contributed by atoms with Crippen molar-refractivity contribution >= 4 is 17.4 Å². The summed E-state index contributed by atoms with van der Waals surface area (Å²) in [5.41, 5.74) is 0.795. The van der Waals surface area contributed by atoms with Gasteiger partial charge in [-0.1, -0.05) is 25.3 Å². The molecule has 0 saturated carbocycles. The molecule has 0 bridgehead atoms. The van der Waals surface area contributed by atoms with Crippen LogP contribution in [0.15, 0.2) is 0 Å². The van der Waals surface area contributed by atoms with E-state index in [-0.39, 0.29) is 5.91 Å². The number of nitrogens with one attached hydrogen (secondary N) is 1. The van der Waals surface area contributed by atoms with E-state index in [1.54, 1.807) is 0 Å². The zero-order chi connectivity index (χ0) is 16.1. The monoisotopic (exact) mass is 325 g/mol. The standard InChI is InChI=1S/C15H27N5OS/c1-5-12-14(22-18-17-12)15(21)16-10-13(11(2)3)20-8-6-19(4)7-9-20/h11,13H,5-10H2,1-4H3,(H,16,21)/t13-/m0/s1. The van der Waals surface area contributed by atoms with Crippen LogP contribution >= 0.6 is 11.5 Å². The fraction of sp³-hybridized carbons (Fsp3) is 0.800. The van der Waals surface area contributed by atoms with Crippen molar-refractivity contribution in [2.75, 3.05) is 39.8 Å². The van der Waals surface area contributed by atoms with Crippen LogP contribution in [0.4, 0.5) is 0 Å². The fourth-order valence-electron chi connectivity index (χ4n) is 2.83. The van der Waals surface area contributed by atoms with Gasteiger partial charge >= 0.3 is 0 Å². The highest BCUT2D eigenvalue weighted by Gasteiger charge is 2.26. The molecule has 6 nitrogen and oxygen atoms in total. The summed E-state index contributed by atoms with van der Waals surface area (Å²) in [7, 11) is 2.16. The Balaban J connectivity index is 1.93. The number of rotatable bonds is 6. The molecular weight excluding hydrogens is 298 g/mol. The topological polar surface area (TPSA) is 61.4 Å². The molecule has 1 aliphatic heterocycles. The first-order valence-corrected chi connectivity index (χ1v) is 8.82. The lowest BCUT2D eigenvalue weighted by molar-refractivity contribution is 0.0792. The largest absolute Gasteiger partial charge is 0.350 e. The number of carbonyl (C=O) groups excluding carboxylic acids is 1. The highest BCUT2D eigenvalue weighted by Crippen LogP contribution is 2.14. The zero-order valence-corrected chi connectivity index (χ0v) is 14.8. The van der Waals surface area contributed by atoms with Crippen LogP contribution in [0.5, 0.6) is 0 Å². The van der Waals surface area contributed by atoms with Crippen molar-refractivity contribution in [2.24, 2.45) is 5.92 Å². The second kappa shape index (κ2) is 7.99. The van der Waals surface area contributed by atoms with E-state index in [0.29, 0.717) is 23.4 Å². The summed E-state index contributed by atoms with van der Waals surface area (Å²) in [5.74, 6) is 0.473. The van der Waals surface area contributed by atoms with Gasteiger partial charge in [0, 0.05) is 38.8 Å². The van der Waals surface area contributed by atoms with Crippen LogP contribution in [0.3, 0.4) is 0 Å². The second-order valence-electron chi connectivity index (χ2n) is 6.26. The van der Waals surface area contributed by atoms with Crippen LogP contribution in [-0.2, 0) is 6.42 Å². The van der Waals surface area contributed by atoms with Crippen LogP contribution < -0.4 is 5.32 Å². The molecule has 0 spiro atoms. The molecule has 0 aromatic carbocycles. The predicted octanol–water partition coefficient (Wildman–Crippen LogP) is 1.10. The van der Waals surface area contributed by atoms with E-state index in [1.165, 1.54) is 11.5 Å². The minimum atomic E-state index is -0.0355. The van der Waals surface area contributed by atoms with E-state index < -0.39 is 0 Å². The second-order valence-corrected chi connectivity index (χ2v) is 7.02. The summed E-state index contributed by atoms with van der Waals surface area (Å²) < 4.78 is 3.89. The Hall–Kier alpha value is -1.05. The lowest BCUT2D eigenvalue weighted by atomic mass is 10.0. The molecule has 1 aliphatic rings. The van der Waals surface area contributed by atoms with Gasteiger partial charge in [0.15, 0.2) is 0 Å². The Morgan fingerprint density at radius 3 is 2.59 bits per heavy atom. The average molecular weight is 325 g/mol. The fourth-order valence-corrected chi connectivity index (χ4v) is 3.50. The van der Waals surface area contributed by atoms with Crippen molar-refractivity contribution in [1.29, 1.82) is 0 Å². The molecule has 2 rings (SSSR count). The maximum Gasteiger partial charge on any atom is 0.265 e. The molecular formula is C15H27N5OS. The maximum atomic E-state index is 12.3. The van der Waals surface area contributed by atoms with Gasteiger partial charge in [-0.2, -0.15) is 0 Å². The van der Waals surface area contributed by atoms with Gasteiger partial charge in [0.2, 0.25) is 0 Å². The SMILES string of the molecule is CCc1nnsc1C(=O)NC[C@@H](C(C)C)N1CCN(C)CC1. The third-order valence-electron chi connectivity index (χ3n) is 4.35. The number of hydrogen-bond donors (Lipinski definition) is 1. The molecule has 1 aromatic rings. The molecule has 2 heterocycles. The summed E-state index contributed by atoms with van der Waals surface area (Å²) in [6.07, 6.45) is 0.741. The number of piperazine rings is 1. The summed E-state index contributed by atoms with van der Waals surface area (Å²) in [6.45, 7) is 11.4. The molecule has 1 N–H and O–H groups in total. The van der Waals surface area contributed by atoms with Crippen molar-refractivity contribution in [3.8, 4) is 0 Å². The van der Waals surface area contributed by atoms with Gasteiger partial charge in [-0.15, -0.1) is 5.10 Å². The van der Waals surface area contributed by atoms with Gasteiger partial charge < -0.3 is 10.2 Å². The van der Waals surface area contributed by atoms with Gasteiger partial charge in [0.05, 0.1) is 5.69 Å². The molecule has 22 heavy (non-hydrogen) atoms. The Labute approximate surface area is 137 Å². The normalized spacial score (nSPS) is 18.6. The van der Waals surface area contributed by atoms with Crippen LogP contribution in [0.1, 0.15) is 36.1 Å². The van der Waals surface area contributed by atoms with E-state index in [1.807, 2.05) is 6.92 Å². The number of aryl methyl sites for hydroxylation is 1. The number of hydrogen-bond acceptors (Lipinski definition) is 6. The molecule has 1 aromatic heterocycles. The van der Waals surface area contributed by atoms with E-state index in [2.05, 4.69) is 45.6 Å². The summed E-state index contributed by atoms with van der Waals surface area (Å²) >= 11 is 1.18. The molecule has 0 unspecified atom stereocenters. The summed E-state index contributed by atoms with van der Waals surface area (Å²) in [6, 6.07) is 0.378. The minimum Gasteiger partial charge on any atom is -0.350 e. The minimum absolute atomic E-state index is 0.0355. The van der Waals surface area contributed by atoms with Crippen molar-refractivity contribution in [1.82, 2.24) is 24.7 Å². The molecule has 1 saturated heterocycles. The van der Waals surface area contributed by atoms with Gasteiger partial charge in [0.1, 0.15) is 4.88 Å². The molecule has 1 atom stereocenters. The van der Waals surface area contributed by atoms with Gasteiger partial charge in [-0.3, -0.25) is 9.69 Å². The van der Waals surface area contributed by atoms with Gasteiger partial charge in [0.25, 0.3) is 5.91 Å². The van der Waals surface area contributed by atoms with E-state index in [9.17, 15) is 4.79 Å². The number of likely N-dealkylation sites (N-methyl/N-ethyl adjacent to an activating group) is 1. The molecule has 1 amide bonds. The van der Waals surface area contributed by atoms with Crippen LogP contribution in [0, 0.1) is 5.92 Å². The van der Waals surface area contributed by atoms with Crippen molar-refractivity contribution < 1.29 is 4.79 Å². The van der Waals surface area contributed by atoms with E-state index >= 15 is 0 Å². The zero-order valence-electron chi connectivity index (χ0n) is 14.0. The number of amides is 1. The van der Waals surface area contributed by atoms with E-state index in [4.69, 9.17) is 0 Å². The third kappa shape index (κ3) is 4.24. The number of aromatic nitrogens is 2. The molecule has 0 radical (unpaired) electrons. The lowest BCUT2D eigenvalue weighted by Crippen LogP contribution is -2.54. The highest BCUT2D eigenvalue weighted by molar-refractivity contribution is 7.08. The first-order valence-electron chi connectivity index (χ1n) is 8.05. The van der Waals surface area contributed by atoms with Crippen LogP contribution in [-0.4, -0.2) is 71.1 Å². The van der Waals surface area contributed by atoms with Crippen molar-refractivity contribution in [3.05, 3.63) is 10.6 Å². The van der Waals surface area contributed by atoms with Gasteiger partial charge in [-0.25, -0.2) is 0 Å². The average Bonchev–Trinajstić information content (AvgIpc) is 2.97. The first kappa shape index (κ1) is 17.3. The Bertz CT molecular complexity index is 482. The lowest BCUT2D eigenvalue weighted by Gasteiger charge is -2.39. The summed E-state index contributed by atoms with van der Waals surface area (Å²) in [5, 5.41) is 7.09. The highest BCUT2D eigenvalue weighted by atomic mass is 32.1. The molecule has 0 aliphatic carbocycles. The number of carbonyl (C=O) groups is 1. The third-order valence-corrected chi connectivity index (χ3v) is 5.11. The molecule has 1 fully saturated rings. The van der Waals surface area contributed by atoms with E-state index in [0.717, 1.165) is 38.3 Å². The Morgan fingerprint density at radius 2 is 2.00 bits per heavy atom. The van der Waals surface area contributed by atoms with Crippen molar-refractivity contribution in [2.45, 2.75) is 33.2 Å². The predicted molar refractivity (Wildman–Crippen MR) is 89.3 cm³/mol. The van der Waals surface area contributed by atoms with Crippen molar-refractivity contribution in [3.63, 3.8) is 0 Å². The molecule has 124 valence electrons. The summed E-state index contributed by atoms with van der Waals surface area (Å²) in [4.78, 5) is 17.8. The quantitative estimate of drug-likeness (QED) is 0.849.